The van der Waals surface area contributed by atoms with Crippen LogP contribution in [0.5, 0.6) is 0 Å². The van der Waals surface area contributed by atoms with E-state index in [0.29, 0.717) is 5.82 Å². The molecule has 3 heterocycles. The van der Waals surface area contributed by atoms with Gasteiger partial charge in [-0.3, -0.25) is 0 Å². The first-order chi connectivity index (χ1) is 9.72. The third kappa shape index (κ3) is 2.61. The van der Waals surface area contributed by atoms with E-state index in [1.54, 1.807) is 18.5 Å². The van der Waals surface area contributed by atoms with Crippen LogP contribution >= 0.6 is 0 Å². The van der Waals surface area contributed by atoms with Crippen LogP contribution in [0.4, 0.5) is 21.8 Å². The molecule has 7 heteroatoms. The minimum Gasteiger partial charge on any atom is -0.382 e. The van der Waals surface area contributed by atoms with Gasteiger partial charge in [-0.2, -0.15) is 0 Å². The third-order valence-electron chi connectivity index (χ3n) is 3.30. The highest BCUT2D eigenvalue weighted by Gasteiger charge is 2.19. The number of pyridine rings is 1. The molecule has 6 nitrogen and oxygen atoms in total. The minimum atomic E-state index is -0.315. The summed E-state index contributed by atoms with van der Waals surface area (Å²) in [4.78, 5) is 16.7. The molecular formula is C13H15FN6. The first kappa shape index (κ1) is 12.6. The molecule has 0 spiro atoms. The maximum absolute atomic E-state index is 12.9. The second-order valence-corrected chi connectivity index (χ2v) is 4.61. The van der Waals surface area contributed by atoms with E-state index in [-0.39, 0.29) is 5.82 Å². The number of hydrogen-bond donors (Lipinski definition) is 1. The van der Waals surface area contributed by atoms with Crippen LogP contribution in [0.1, 0.15) is 0 Å². The molecule has 0 atom stereocenters. The lowest BCUT2D eigenvalue weighted by molar-refractivity contribution is 0.614. The van der Waals surface area contributed by atoms with Crippen LogP contribution in [0, 0.1) is 5.82 Å². The van der Waals surface area contributed by atoms with Crippen LogP contribution < -0.4 is 15.5 Å². The number of nitrogens with zero attached hydrogens (tertiary/aromatic N) is 5. The second kappa shape index (κ2) is 5.28. The standard InChI is InChI=1S/C13H15FN6/c14-10-1-2-12(17-7-10)19-3-5-20(6-4-19)13-9-16-11(15)8-18-13/h1-2,7-9H,3-6H2,(H2,15,16). The van der Waals surface area contributed by atoms with Gasteiger partial charge in [-0.1, -0.05) is 0 Å². The van der Waals surface area contributed by atoms with E-state index in [4.69, 9.17) is 5.73 Å². The van der Waals surface area contributed by atoms with Crippen LogP contribution in [0.2, 0.25) is 0 Å². The molecule has 0 unspecified atom stereocenters. The normalized spacial score (nSPS) is 15.4. The summed E-state index contributed by atoms with van der Waals surface area (Å²) in [5, 5.41) is 0. The van der Waals surface area contributed by atoms with Crippen molar-refractivity contribution in [1.82, 2.24) is 15.0 Å². The Bertz CT molecular complexity index is 509. The van der Waals surface area contributed by atoms with Crippen molar-refractivity contribution < 1.29 is 4.39 Å². The van der Waals surface area contributed by atoms with Crippen LogP contribution in [0.25, 0.3) is 0 Å². The predicted octanol–water partition coefficient (Wildman–Crippen LogP) is 0.919. The highest BCUT2D eigenvalue weighted by Crippen LogP contribution is 2.17. The average molecular weight is 274 g/mol. The monoisotopic (exact) mass is 274 g/mol. The number of rotatable bonds is 2. The SMILES string of the molecule is Nc1cnc(N2CCN(c3ccc(F)cn3)CC2)cn1. The minimum absolute atomic E-state index is 0.315. The summed E-state index contributed by atoms with van der Waals surface area (Å²) in [5.41, 5.74) is 5.53. The molecule has 1 aliphatic heterocycles. The van der Waals surface area contributed by atoms with Gasteiger partial charge in [0.1, 0.15) is 23.3 Å². The molecule has 0 aromatic carbocycles. The Labute approximate surface area is 116 Å². The molecular weight excluding hydrogens is 259 g/mol. The van der Waals surface area contributed by atoms with E-state index in [2.05, 4.69) is 24.8 Å². The number of nitrogen functional groups attached to an aromatic ring is 1. The molecule has 1 fully saturated rings. The zero-order valence-corrected chi connectivity index (χ0v) is 10.9. The van der Waals surface area contributed by atoms with Gasteiger partial charge < -0.3 is 15.5 Å². The number of halogens is 1. The second-order valence-electron chi connectivity index (χ2n) is 4.61. The molecule has 104 valence electrons. The summed E-state index contributed by atoms with van der Waals surface area (Å²) in [5.74, 6) is 1.73. The van der Waals surface area contributed by atoms with Gasteiger partial charge in [-0.05, 0) is 12.1 Å². The maximum atomic E-state index is 12.9. The van der Waals surface area contributed by atoms with Crippen molar-refractivity contribution in [2.45, 2.75) is 0 Å². The fourth-order valence-corrected chi connectivity index (χ4v) is 2.21. The zero-order valence-electron chi connectivity index (χ0n) is 10.9. The topological polar surface area (TPSA) is 71.2 Å². The molecule has 0 saturated carbocycles. The van der Waals surface area contributed by atoms with Crippen molar-refractivity contribution in [2.24, 2.45) is 0 Å². The van der Waals surface area contributed by atoms with Crippen molar-refractivity contribution in [3.05, 3.63) is 36.5 Å². The Morgan fingerprint density at radius 1 is 0.850 bits per heavy atom. The van der Waals surface area contributed by atoms with Crippen LogP contribution in [-0.4, -0.2) is 41.1 Å². The van der Waals surface area contributed by atoms with E-state index in [1.807, 2.05) is 0 Å². The first-order valence-corrected chi connectivity index (χ1v) is 6.41. The van der Waals surface area contributed by atoms with Crippen LogP contribution in [-0.2, 0) is 0 Å². The van der Waals surface area contributed by atoms with Gasteiger partial charge in [0.05, 0.1) is 18.6 Å². The molecule has 0 radical (unpaired) electrons. The summed E-state index contributed by atoms with van der Waals surface area (Å²) in [6.45, 7) is 3.25. The number of hydrogen-bond acceptors (Lipinski definition) is 6. The van der Waals surface area contributed by atoms with Gasteiger partial charge in [0.25, 0.3) is 0 Å². The lowest BCUT2D eigenvalue weighted by atomic mass is 10.3. The summed E-state index contributed by atoms with van der Waals surface area (Å²) < 4.78 is 12.9. The first-order valence-electron chi connectivity index (χ1n) is 6.41. The van der Waals surface area contributed by atoms with E-state index >= 15 is 0 Å². The zero-order chi connectivity index (χ0) is 13.9. The molecule has 2 aromatic heterocycles. The Kier molecular flexibility index (Phi) is 3.32. The highest BCUT2D eigenvalue weighted by atomic mass is 19.1. The van der Waals surface area contributed by atoms with Gasteiger partial charge in [0.15, 0.2) is 0 Å². The number of piperazine rings is 1. The van der Waals surface area contributed by atoms with Gasteiger partial charge in [-0.15, -0.1) is 0 Å². The molecule has 3 rings (SSSR count). The lowest BCUT2D eigenvalue weighted by Gasteiger charge is -2.35. The van der Waals surface area contributed by atoms with Crippen molar-refractivity contribution in [3.8, 4) is 0 Å². The molecule has 2 N–H and O–H groups in total. The predicted molar refractivity (Wildman–Crippen MR) is 75.1 cm³/mol. The summed E-state index contributed by atoms with van der Waals surface area (Å²) >= 11 is 0. The van der Waals surface area contributed by atoms with Gasteiger partial charge in [-0.25, -0.2) is 19.3 Å². The lowest BCUT2D eigenvalue weighted by Crippen LogP contribution is -2.47. The Morgan fingerprint density at radius 2 is 1.50 bits per heavy atom. The van der Waals surface area contributed by atoms with E-state index in [1.165, 1.54) is 12.3 Å². The van der Waals surface area contributed by atoms with Crippen LogP contribution in [0.3, 0.4) is 0 Å². The summed E-state index contributed by atoms with van der Waals surface area (Å²) in [7, 11) is 0. The fraction of sp³-hybridized carbons (Fsp3) is 0.308. The van der Waals surface area contributed by atoms with Crippen LogP contribution in [0.15, 0.2) is 30.7 Å². The molecule has 1 saturated heterocycles. The Hall–Kier alpha value is -2.44. The summed E-state index contributed by atoms with van der Waals surface area (Å²) in [6.07, 6.45) is 4.48. The van der Waals surface area contributed by atoms with Gasteiger partial charge in [0.2, 0.25) is 0 Å². The molecule has 0 amide bonds. The maximum Gasteiger partial charge on any atom is 0.147 e. The molecule has 0 bridgehead atoms. The average Bonchev–Trinajstić information content (AvgIpc) is 2.49. The Morgan fingerprint density at radius 3 is 2.05 bits per heavy atom. The quantitative estimate of drug-likeness (QED) is 0.878. The highest BCUT2D eigenvalue weighted by molar-refractivity contribution is 5.44. The van der Waals surface area contributed by atoms with Crippen molar-refractivity contribution in [1.29, 1.82) is 0 Å². The summed E-state index contributed by atoms with van der Waals surface area (Å²) in [6, 6.07) is 3.13. The van der Waals surface area contributed by atoms with E-state index in [9.17, 15) is 4.39 Å². The number of anilines is 3. The van der Waals surface area contributed by atoms with Gasteiger partial charge in [0, 0.05) is 26.2 Å². The number of nitrogens with two attached hydrogens (primary N) is 1. The fourth-order valence-electron chi connectivity index (χ4n) is 2.21. The van der Waals surface area contributed by atoms with E-state index < -0.39 is 0 Å². The molecule has 1 aliphatic rings. The van der Waals surface area contributed by atoms with Crippen molar-refractivity contribution in [2.75, 3.05) is 41.7 Å². The third-order valence-corrected chi connectivity index (χ3v) is 3.30. The molecule has 2 aromatic rings. The largest absolute Gasteiger partial charge is 0.382 e. The molecule has 0 aliphatic carbocycles. The smallest absolute Gasteiger partial charge is 0.147 e. The van der Waals surface area contributed by atoms with Crippen molar-refractivity contribution in [3.63, 3.8) is 0 Å². The number of aromatic nitrogens is 3. The molecule has 20 heavy (non-hydrogen) atoms. The van der Waals surface area contributed by atoms with Gasteiger partial charge >= 0.3 is 0 Å². The van der Waals surface area contributed by atoms with E-state index in [0.717, 1.165) is 37.8 Å². The Balaban J connectivity index is 1.64. The van der Waals surface area contributed by atoms with Crippen molar-refractivity contribution >= 4 is 17.5 Å².